The standard InChI is InChI=1S/C17H19F3N2O3/c1-22-13(11-24-16-4-2-3-9-23-16)10-15(21-22)12-5-7-14(8-6-12)25-17(18,19)20/h5-8,10,16H,2-4,9,11H2,1H3. The van der Waals surface area contributed by atoms with Crippen LogP contribution in [0.1, 0.15) is 25.0 Å². The van der Waals surface area contributed by atoms with E-state index in [1.807, 2.05) is 6.07 Å². The van der Waals surface area contributed by atoms with Gasteiger partial charge in [-0.3, -0.25) is 4.68 Å². The van der Waals surface area contributed by atoms with Gasteiger partial charge in [0.25, 0.3) is 0 Å². The van der Waals surface area contributed by atoms with Crippen LogP contribution < -0.4 is 4.74 Å². The van der Waals surface area contributed by atoms with Crippen molar-refractivity contribution in [2.24, 2.45) is 7.05 Å². The van der Waals surface area contributed by atoms with E-state index in [0.29, 0.717) is 24.5 Å². The molecule has 1 atom stereocenters. The van der Waals surface area contributed by atoms with Crippen LogP contribution in [0.2, 0.25) is 0 Å². The Morgan fingerprint density at radius 3 is 2.64 bits per heavy atom. The summed E-state index contributed by atoms with van der Waals surface area (Å²) in [6.45, 7) is 1.08. The third-order valence-corrected chi connectivity index (χ3v) is 3.92. The Bertz CT molecular complexity index is 692. The van der Waals surface area contributed by atoms with E-state index >= 15 is 0 Å². The van der Waals surface area contributed by atoms with Crippen LogP contribution in [0.4, 0.5) is 13.2 Å². The highest BCUT2D eigenvalue weighted by Crippen LogP contribution is 2.26. The van der Waals surface area contributed by atoms with Crippen molar-refractivity contribution >= 4 is 0 Å². The Labute approximate surface area is 143 Å². The summed E-state index contributed by atoms with van der Waals surface area (Å²) in [5.74, 6) is -0.259. The van der Waals surface area contributed by atoms with E-state index < -0.39 is 6.36 Å². The zero-order valence-corrected chi connectivity index (χ0v) is 13.8. The number of hydrogen-bond acceptors (Lipinski definition) is 4. The smallest absolute Gasteiger partial charge is 0.406 e. The summed E-state index contributed by atoms with van der Waals surface area (Å²) in [4.78, 5) is 0. The molecular formula is C17H19F3N2O3. The predicted molar refractivity (Wildman–Crippen MR) is 83.7 cm³/mol. The van der Waals surface area contributed by atoms with Gasteiger partial charge in [-0.15, -0.1) is 13.2 Å². The second-order valence-corrected chi connectivity index (χ2v) is 5.82. The lowest BCUT2D eigenvalue weighted by Crippen LogP contribution is -2.22. The maximum Gasteiger partial charge on any atom is 0.573 e. The van der Waals surface area contributed by atoms with E-state index in [9.17, 15) is 13.2 Å². The molecule has 1 aliphatic rings. The molecule has 0 bridgehead atoms. The molecule has 0 aliphatic carbocycles. The number of alkyl halides is 3. The largest absolute Gasteiger partial charge is 0.573 e. The Kier molecular flexibility index (Phi) is 5.29. The number of aryl methyl sites for hydroxylation is 1. The Morgan fingerprint density at radius 1 is 1.24 bits per heavy atom. The van der Waals surface area contributed by atoms with Crippen LogP contribution >= 0.6 is 0 Å². The average Bonchev–Trinajstić information content (AvgIpc) is 2.94. The maximum atomic E-state index is 12.2. The van der Waals surface area contributed by atoms with Crippen LogP contribution in [-0.4, -0.2) is 29.0 Å². The summed E-state index contributed by atoms with van der Waals surface area (Å²) >= 11 is 0. The molecule has 3 rings (SSSR count). The molecule has 0 saturated carbocycles. The Morgan fingerprint density at radius 2 is 2.00 bits per heavy atom. The monoisotopic (exact) mass is 356 g/mol. The van der Waals surface area contributed by atoms with Gasteiger partial charge < -0.3 is 14.2 Å². The van der Waals surface area contributed by atoms with Crippen molar-refractivity contribution in [1.82, 2.24) is 9.78 Å². The lowest BCUT2D eigenvalue weighted by atomic mass is 10.1. The number of hydrogen-bond donors (Lipinski definition) is 0. The summed E-state index contributed by atoms with van der Waals surface area (Å²) in [5, 5.41) is 4.38. The van der Waals surface area contributed by atoms with Gasteiger partial charge in [0.15, 0.2) is 6.29 Å². The van der Waals surface area contributed by atoms with Crippen molar-refractivity contribution in [3.63, 3.8) is 0 Å². The van der Waals surface area contributed by atoms with Crippen LogP contribution in [0.15, 0.2) is 30.3 Å². The fourth-order valence-corrected chi connectivity index (χ4v) is 2.63. The number of aromatic nitrogens is 2. The summed E-state index contributed by atoms with van der Waals surface area (Å²) in [7, 11) is 1.80. The Hall–Kier alpha value is -2.06. The molecule has 1 saturated heterocycles. The van der Waals surface area contributed by atoms with Gasteiger partial charge in [0.2, 0.25) is 0 Å². The molecule has 0 spiro atoms. The third-order valence-electron chi connectivity index (χ3n) is 3.92. The summed E-state index contributed by atoms with van der Waals surface area (Å²) in [5.41, 5.74) is 2.22. The van der Waals surface area contributed by atoms with Crippen molar-refractivity contribution in [2.75, 3.05) is 6.61 Å². The number of halogens is 3. The molecule has 2 heterocycles. The molecule has 2 aromatic rings. The Balaban J connectivity index is 1.64. The molecule has 5 nitrogen and oxygen atoms in total. The first-order valence-electron chi connectivity index (χ1n) is 8.03. The first kappa shape index (κ1) is 17.8. The zero-order chi connectivity index (χ0) is 17.9. The fourth-order valence-electron chi connectivity index (χ4n) is 2.63. The van der Waals surface area contributed by atoms with Crippen molar-refractivity contribution in [3.8, 4) is 17.0 Å². The van der Waals surface area contributed by atoms with Crippen LogP contribution in [0.3, 0.4) is 0 Å². The molecule has 136 valence electrons. The molecule has 1 aromatic carbocycles. The molecule has 1 fully saturated rings. The van der Waals surface area contributed by atoms with Gasteiger partial charge in [-0.05, 0) is 49.6 Å². The van der Waals surface area contributed by atoms with E-state index in [4.69, 9.17) is 9.47 Å². The highest BCUT2D eigenvalue weighted by molar-refractivity contribution is 5.60. The number of ether oxygens (including phenoxy) is 3. The molecule has 0 radical (unpaired) electrons. The highest BCUT2D eigenvalue weighted by Gasteiger charge is 2.31. The van der Waals surface area contributed by atoms with Crippen LogP contribution in [-0.2, 0) is 23.1 Å². The minimum absolute atomic E-state index is 0.189. The lowest BCUT2D eigenvalue weighted by Gasteiger charge is -2.22. The van der Waals surface area contributed by atoms with E-state index in [1.54, 1.807) is 11.7 Å². The van der Waals surface area contributed by atoms with Crippen molar-refractivity contribution in [3.05, 3.63) is 36.0 Å². The molecular weight excluding hydrogens is 337 g/mol. The molecule has 25 heavy (non-hydrogen) atoms. The van der Waals surface area contributed by atoms with Crippen LogP contribution in [0.5, 0.6) is 5.75 Å². The van der Waals surface area contributed by atoms with E-state index in [1.165, 1.54) is 24.3 Å². The second-order valence-electron chi connectivity index (χ2n) is 5.82. The minimum Gasteiger partial charge on any atom is -0.406 e. The summed E-state index contributed by atoms with van der Waals surface area (Å²) in [6.07, 6.45) is -1.85. The second kappa shape index (κ2) is 7.45. The number of rotatable bonds is 5. The summed E-state index contributed by atoms with van der Waals surface area (Å²) in [6, 6.07) is 7.46. The fraction of sp³-hybridized carbons (Fsp3) is 0.471. The van der Waals surface area contributed by atoms with Gasteiger partial charge in [-0.1, -0.05) is 0 Å². The first-order chi connectivity index (χ1) is 11.9. The predicted octanol–water partition coefficient (Wildman–Crippen LogP) is 4.03. The maximum absolute atomic E-state index is 12.2. The summed E-state index contributed by atoms with van der Waals surface area (Å²) < 4.78 is 53.4. The van der Waals surface area contributed by atoms with E-state index in [2.05, 4.69) is 9.84 Å². The van der Waals surface area contributed by atoms with Gasteiger partial charge in [-0.25, -0.2) is 0 Å². The van der Waals surface area contributed by atoms with Crippen molar-refractivity contribution in [2.45, 2.75) is 38.5 Å². The van der Waals surface area contributed by atoms with Gasteiger partial charge >= 0.3 is 6.36 Å². The van der Waals surface area contributed by atoms with Gasteiger partial charge in [0.1, 0.15) is 5.75 Å². The number of nitrogens with zero attached hydrogens (tertiary/aromatic N) is 2. The van der Waals surface area contributed by atoms with Crippen LogP contribution in [0, 0.1) is 0 Å². The van der Waals surface area contributed by atoms with Crippen LogP contribution in [0.25, 0.3) is 11.3 Å². The quantitative estimate of drug-likeness (QED) is 0.811. The molecule has 1 unspecified atom stereocenters. The molecule has 8 heteroatoms. The van der Waals surface area contributed by atoms with Gasteiger partial charge in [0, 0.05) is 19.2 Å². The SMILES string of the molecule is Cn1nc(-c2ccc(OC(F)(F)F)cc2)cc1COC1CCCCO1. The van der Waals surface area contributed by atoms with Crippen molar-refractivity contribution < 1.29 is 27.4 Å². The molecule has 1 aliphatic heterocycles. The first-order valence-corrected chi connectivity index (χ1v) is 8.03. The number of benzene rings is 1. The average molecular weight is 356 g/mol. The lowest BCUT2D eigenvalue weighted by molar-refractivity contribution is -0.274. The topological polar surface area (TPSA) is 45.5 Å². The van der Waals surface area contributed by atoms with Gasteiger partial charge in [-0.2, -0.15) is 5.10 Å². The van der Waals surface area contributed by atoms with Gasteiger partial charge in [0.05, 0.1) is 18.0 Å². The zero-order valence-electron chi connectivity index (χ0n) is 13.8. The highest BCUT2D eigenvalue weighted by atomic mass is 19.4. The van der Waals surface area contributed by atoms with E-state index in [0.717, 1.165) is 25.0 Å². The third kappa shape index (κ3) is 4.96. The molecule has 0 amide bonds. The van der Waals surface area contributed by atoms with E-state index in [-0.39, 0.29) is 12.0 Å². The minimum atomic E-state index is -4.70. The van der Waals surface area contributed by atoms with Crippen molar-refractivity contribution in [1.29, 1.82) is 0 Å². The normalized spacial score (nSPS) is 18.3. The molecule has 0 N–H and O–H groups in total. The molecule has 1 aromatic heterocycles.